The molecule has 2 N–H and O–H groups in total. The third kappa shape index (κ3) is 5.26. The highest BCUT2D eigenvalue weighted by atomic mass is 35.5. The highest BCUT2D eigenvalue weighted by Gasteiger charge is 2.25. The molecule has 1 amide bonds. The van der Waals surface area contributed by atoms with Crippen LogP contribution >= 0.6 is 12.4 Å². The van der Waals surface area contributed by atoms with Gasteiger partial charge in [-0.2, -0.15) is 0 Å². The van der Waals surface area contributed by atoms with Crippen molar-refractivity contribution in [1.29, 1.82) is 0 Å². The molecule has 6 nitrogen and oxygen atoms in total. The van der Waals surface area contributed by atoms with E-state index in [1.807, 2.05) is 46.6 Å². The van der Waals surface area contributed by atoms with Crippen molar-refractivity contribution in [3.8, 4) is 0 Å². The Morgan fingerprint density at radius 1 is 0.964 bits per heavy atom. The summed E-state index contributed by atoms with van der Waals surface area (Å²) in [5.74, 6) is 0.0111. The van der Waals surface area contributed by atoms with Crippen LogP contribution in [0.2, 0.25) is 0 Å². The first-order valence-corrected chi connectivity index (χ1v) is 11.1. The number of benzene rings is 1. The Morgan fingerprint density at radius 3 is 1.89 bits per heavy atom. The predicted molar refractivity (Wildman–Crippen MR) is 116 cm³/mol. The lowest BCUT2D eigenvalue weighted by molar-refractivity contribution is -0.132. The minimum Gasteiger partial charge on any atom is -0.343 e. The molecule has 160 valence electrons. The number of nitrogens with zero attached hydrogens (tertiary/aromatic N) is 1. The summed E-state index contributed by atoms with van der Waals surface area (Å²) in [4.78, 5) is 14.6. The Hall–Kier alpha value is -1.15. The highest BCUT2D eigenvalue weighted by molar-refractivity contribution is 7.89. The predicted octanol–water partition coefficient (Wildman–Crippen LogP) is 2.53. The smallest absolute Gasteiger partial charge is 0.241 e. The molecule has 1 aliphatic heterocycles. The number of likely N-dealkylation sites (tertiary alicyclic amines) is 1. The molecule has 1 aromatic rings. The first-order valence-electron chi connectivity index (χ1n) is 9.61. The van der Waals surface area contributed by atoms with Crippen molar-refractivity contribution in [2.45, 2.75) is 64.8 Å². The van der Waals surface area contributed by atoms with Crippen molar-refractivity contribution >= 4 is 28.3 Å². The summed E-state index contributed by atoms with van der Waals surface area (Å²) in [6.45, 7) is 11.2. The van der Waals surface area contributed by atoms with Crippen LogP contribution in [0.4, 0.5) is 0 Å². The number of rotatable bonds is 6. The molecule has 0 aliphatic carbocycles. The van der Waals surface area contributed by atoms with E-state index >= 15 is 0 Å². The van der Waals surface area contributed by atoms with E-state index in [1.165, 1.54) is 0 Å². The van der Waals surface area contributed by atoms with E-state index < -0.39 is 10.0 Å². The first-order chi connectivity index (χ1) is 12.6. The average Bonchev–Trinajstić information content (AvgIpc) is 2.64. The topological polar surface area (TPSA) is 78.5 Å². The quantitative estimate of drug-likeness (QED) is 0.725. The van der Waals surface area contributed by atoms with Gasteiger partial charge in [-0.15, -0.1) is 12.4 Å². The molecule has 0 spiro atoms. The summed E-state index contributed by atoms with van der Waals surface area (Å²) in [5.41, 5.74) is 4.69. The number of sulfonamides is 1. The van der Waals surface area contributed by atoms with Crippen molar-refractivity contribution in [1.82, 2.24) is 14.9 Å². The summed E-state index contributed by atoms with van der Waals surface area (Å²) in [6, 6.07) is 0.464. The third-order valence-electron chi connectivity index (χ3n) is 6.09. The maximum atomic E-state index is 12.9. The maximum absolute atomic E-state index is 12.9. The van der Waals surface area contributed by atoms with Gasteiger partial charge in [0.05, 0.1) is 4.90 Å². The van der Waals surface area contributed by atoms with Crippen LogP contribution in [0.15, 0.2) is 4.90 Å². The van der Waals surface area contributed by atoms with Gasteiger partial charge in [0.2, 0.25) is 15.9 Å². The summed E-state index contributed by atoms with van der Waals surface area (Å²) in [6.07, 6.45) is 2.06. The lowest BCUT2D eigenvalue weighted by Gasteiger charge is -2.31. The largest absolute Gasteiger partial charge is 0.343 e. The molecule has 1 aliphatic rings. The lowest BCUT2D eigenvalue weighted by atomic mass is 9.95. The Labute approximate surface area is 175 Å². The van der Waals surface area contributed by atoms with Crippen molar-refractivity contribution in [3.63, 3.8) is 0 Å². The Kier molecular flexibility index (Phi) is 8.93. The summed E-state index contributed by atoms with van der Waals surface area (Å²) < 4.78 is 28.4. The molecule has 0 atom stereocenters. The van der Waals surface area contributed by atoms with Gasteiger partial charge in [0.25, 0.3) is 0 Å². The minimum atomic E-state index is -3.65. The van der Waals surface area contributed by atoms with Gasteiger partial charge in [-0.05, 0) is 82.3 Å². The monoisotopic (exact) mass is 431 g/mol. The molecule has 0 saturated carbocycles. The molecule has 1 aromatic carbocycles. The normalized spacial score (nSPS) is 15.4. The summed E-state index contributed by atoms with van der Waals surface area (Å²) in [7, 11) is -1.71. The number of carbonyl (C=O) groups excluding carboxylic acids is 1. The van der Waals surface area contributed by atoms with Gasteiger partial charge in [-0.25, -0.2) is 13.1 Å². The molecule has 1 saturated heterocycles. The van der Waals surface area contributed by atoms with Crippen molar-refractivity contribution in [3.05, 3.63) is 27.8 Å². The van der Waals surface area contributed by atoms with Crippen LogP contribution in [0.25, 0.3) is 0 Å². The van der Waals surface area contributed by atoms with E-state index in [9.17, 15) is 13.2 Å². The van der Waals surface area contributed by atoms with Gasteiger partial charge in [0, 0.05) is 32.1 Å². The van der Waals surface area contributed by atoms with Gasteiger partial charge in [0.15, 0.2) is 0 Å². The summed E-state index contributed by atoms with van der Waals surface area (Å²) in [5, 5.41) is 3.24. The van der Waals surface area contributed by atoms with Gasteiger partial charge >= 0.3 is 0 Å². The SMILES string of the molecule is CNC1CCN(C(=O)CCNS(=O)(=O)c2c(C)c(C)c(C)c(C)c2C)CC1.Cl. The fourth-order valence-electron chi connectivity index (χ4n) is 3.81. The highest BCUT2D eigenvalue weighted by Crippen LogP contribution is 2.29. The molecule has 0 aromatic heterocycles. The number of halogens is 1. The van der Waals surface area contributed by atoms with Crippen LogP contribution in [0.1, 0.15) is 47.1 Å². The molecular weight excluding hydrogens is 398 g/mol. The van der Waals surface area contributed by atoms with Gasteiger partial charge in [-0.1, -0.05) is 0 Å². The lowest BCUT2D eigenvalue weighted by Crippen LogP contribution is -2.44. The minimum absolute atomic E-state index is 0. The van der Waals surface area contributed by atoms with E-state index in [0.717, 1.165) is 53.7 Å². The number of hydrogen-bond donors (Lipinski definition) is 2. The number of nitrogens with one attached hydrogen (secondary N) is 2. The third-order valence-corrected chi connectivity index (χ3v) is 7.82. The van der Waals surface area contributed by atoms with E-state index in [-0.39, 0.29) is 31.3 Å². The molecule has 1 heterocycles. The van der Waals surface area contributed by atoms with E-state index in [1.54, 1.807) is 0 Å². The summed E-state index contributed by atoms with van der Waals surface area (Å²) >= 11 is 0. The molecule has 0 bridgehead atoms. The Morgan fingerprint density at radius 2 is 1.43 bits per heavy atom. The maximum Gasteiger partial charge on any atom is 0.241 e. The van der Waals surface area contributed by atoms with E-state index in [0.29, 0.717) is 10.9 Å². The van der Waals surface area contributed by atoms with Gasteiger partial charge < -0.3 is 10.2 Å². The molecule has 0 unspecified atom stereocenters. The van der Waals surface area contributed by atoms with E-state index in [4.69, 9.17) is 0 Å². The van der Waals surface area contributed by atoms with Crippen LogP contribution in [0, 0.1) is 34.6 Å². The Balaban J connectivity index is 0.00000392. The zero-order valence-corrected chi connectivity index (χ0v) is 19.4. The number of amides is 1. The number of piperidine rings is 1. The second kappa shape index (κ2) is 10.1. The molecule has 0 radical (unpaired) electrons. The van der Waals surface area contributed by atoms with Crippen LogP contribution < -0.4 is 10.0 Å². The van der Waals surface area contributed by atoms with Crippen molar-refractivity contribution in [2.24, 2.45) is 0 Å². The molecule has 2 rings (SSSR count). The van der Waals surface area contributed by atoms with E-state index in [2.05, 4.69) is 10.0 Å². The average molecular weight is 432 g/mol. The standard InChI is InChI=1S/C20H33N3O3S.ClH/c1-13-14(2)16(4)20(17(5)15(13)3)27(25,26)22-10-7-19(24)23-11-8-18(21-6)9-12-23;/h18,21-22H,7-12H2,1-6H3;1H. The fourth-order valence-corrected chi connectivity index (χ4v) is 5.44. The van der Waals surface area contributed by atoms with Gasteiger partial charge in [-0.3, -0.25) is 4.79 Å². The second-order valence-electron chi connectivity index (χ2n) is 7.55. The number of hydrogen-bond acceptors (Lipinski definition) is 4. The van der Waals surface area contributed by atoms with Crippen LogP contribution in [-0.2, 0) is 14.8 Å². The van der Waals surface area contributed by atoms with Gasteiger partial charge in [0.1, 0.15) is 0 Å². The molecule has 1 fully saturated rings. The van der Waals surface area contributed by atoms with Crippen molar-refractivity contribution < 1.29 is 13.2 Å². The molecular formula is C20H34ClN3O3S. The fraction of sp³-hybridized carbons (Fsp3) is 0.650. The van der Waals surface area contributed by atoms with Crippen LogP contribution in [-0.4, -0.2) is 51.9 Å². The molecule has 28 heavy (non-hydrogen) atoms. The number of carbonyl (C=O) groups is 1. The van der Waals surface area contributed by atoms with Crippen molar-refractivity contribution in [2.75, 3.05) is 26.7 Å². The second-order valence-corrected chi connectivity index (χ2v) is 9.25. The molecule has 8 heteroatoms. The van der Waals surface area contributed by atoms with Crippen LogP contribution in [0.5, 0.6) is 0 Å². The van der Waals surface area contributed by atoms with Crippen LogP contribution in [0.3, 0.4) is 0 Å². The Bertz CT molecular complexity index is 787. The zero-order valence-electron chi connectivity index (χ0n) is 17.8. The zero-order chi connectivity index (χ0) is 20.4. The first kappa shape index (κ1) is 24.9.